The molecule has 126 valence electrons. The Morgan fingerprint density at radius 2 is 1.80 bits per heavy atom. The van der Waals surface area contributed by atoms with Crippen molar-refractivity contribution in [2.24, 2.45) is 0 Å². The van der Waals surface area contributed by atoms with Crippen molar-refractivity contribution in [2.45, 2.75) is 0 Å². The fourth-order valence-corrected chi connectivity index (χ4v) is 2.47. The Hall–Kier alpha value is -2.63. The summed E-state index contributed by atoms with van der Waals surface area (Å²) in [5.74, 6) is -0.860. The van der Waals surface area contributed by atoms with Gasteiger partial charge in [0.25, 0.3) is 5.91 Å². The summed E-state index contributed by atoms with van der Waals surface area (Å²) in [6.45, 7) is 0. The van der Waals surface area contributed by atoms with Gasteiger partial charge in [-0.25, -0.2) is 9.37 Å². The first-order chi connectivity index (χ1) is 12.0. The molecule has 0 fully saturated rings. The monoisotopic (exact) mass is 375 g/mol. The molecule has 3 rings (SSSR count). The van der Waals surface area contributed by atoms with E-state index in [0.29, 0.717) is 27.1 Å². The van der Waals surface area contributed by atoms with Crippen molar-refractivity contribution in [1.82, 2.24) is 4.98 Å². The van der Waals surface area contributed by atoms with Crippen molar-refractivity contribution in [3.8, 4) is 0 Å². The van der Waals surface area contributed by atoms with Gasteiger partial charge >= 0.3 is 0 Å². The van der Waals surface area contributed by atoms with E-state index in [4.69, 9.17) is 23.2 Å². The van der Waals surface area contributed by atoms with E-state index in [1.165, 1.54) is 24.4 Å². The predicted molar refractivity (Wildman–Crippen MR) is 98.3 cm³/mol. The van der Waals surface area contributed by atoms with Gasteiger partial charge in [-0.2, -0.15) is 0 Å². The number of anilines is 3. The van der Waals surface area contributed by atoms with Crippen LogP contribution in [0.1, 0.15) is 10.5 Å². The lowest BCUT2D eigenvalue weighted by Crippen LogP contribution is -2.13. The third kappa shape index (κ3) is 4.26. The lowest BCUT2D eigenvalue weighted by molar-refractivity contribution is 0.102. The van der Waals surface area contributed by atoms with E-state index in [0.717, 1.165) is 0 Å². The number of hydrogen-bond donors (Lipinski definition) is 2. The molecular formula is C18H12Cl2FN3O. The van der Waals surface area contributed by atoms with Crippen LogP contribution in [0.4, 0.5) is 21.5 Å². The molecule has 0 bridgehead atoms. The molecule has 0 aliphatic heterocycles. The molecule has 7 heteroatoms. The van der Waals surface area contributed by atoms with E-state index in [9.17, 15) is 9.18 Å². The van der Waals surface area contributed by atoms with Crippen LogP contribution < -0.4 is 10.6 Å². The number of rotatable bonds is 4. The van der Waals surface area contributed by atoms with Crippen molar-refractivity contribution < 1.29 is 9.18 Å². The molecule has 0 radical (unpaired) electrons. The second-order valence-corrected chi connectivity index (χ2v) is 5.91. The van der Waals surface area contributed by atoms with Crippen molar-refractivity contribution in [2.75, 3.05) is 10.6 Å². The van der Waals surface area contributed by atoms with Gasteiger partial charge in [0.15, 0.2) is 0 Å². The fraction of sp³-hybridized carbons (Fsp3) is 0. The summed E-state index contributed by atoms with van der Waals surface area (Å²) in [6.07, 6.45) is 1.50. The Morgan fingerprint density at radius 1 is 1.00 bits per heavy atom. The first-order valence-corrected chi connectivity index (χ1v) is 8.02. The summed E-state index contributed by atoms with van der Waals surface area (Å²) in [5, 5.41) is 6.50. The number of benzene rings is 2. The molecule has 0 saturated carbocycles. The average Bonchev–Trinajstić information content (AvgIpc) is 2.59. The van der Waals surface area contributed by atoms with E-state index < -0.39 is 11.7 Å². The highest BCUT2D eigenvalue weighted by molar-refractivity contribution is 6.43. The normalized spacial score (nSPS) is 10.4. The first kappa shape index (κ1) is 17.2. The fourth-order valence-electron chi connectivity index (χ4n) is 2.12. The van der Waals surface area contributed by atoms with E-state index in [-0.39, 0.29) is 5.69 Å². The molecule has 4 nitrogen and oxygen atoms in total. The van der Waals surface area contributed by atoms with Gasteiger partial charge in [-0.15, -0.1) is 0 Å². The highest BCUT2D eigenvalue weighted by Gasteiger charge is 2.09. The van der Waals surface area contributed by atoms with Gasteiger partial charge < -0.3 is 10.6 Å². The number of nitrogens with one attached hydrogen (secondary N) is 2. The topological polar surface area (TPSA) is 54.0 Å². The molecule has 0 aliphatic carbocycles. The highest BCUT2D eigenvalue weighted by Crippen LogP contribution is 2.31. The van der Waals surface area contributed by atoms with Gasteiger partial charge in [0.2, 0.25) is 0 Å². The standard InChI is InChI=1S/C18H12Cl2FN3O/c19-14-5-2-6-15(17(14)20)23-13-7-8-16(22-10-13)18(25)24-12-4-1-3-11(21)9-12/h1-10,23H,(H,24,25). The van der Waals surface area contributed by atoms with Crippen LogP contribution >= 0.6 is 23.2 Å². The first-order valence-electron chi connectivity index (χ1n) is 7.27. The number of amides is 1. The minimum absolute atomic E-state index is 0.201. The van der Waals surface area contributed by atoms with Crippen molar-refractivity contribution in [3.63, 3.8) is 0 Å². The van der Waals surface area contributed by atoms with Crippen LogP contribution in [0.25, 0.3) is 0 Å². The van der Waals surface area contributed by atoms with Crippen molar-refractivity contribution in [3.05, 3.63) is 82.4 Å². The van der Waals surface area contributed by atoms with Crippen LogP contribution in [-0.2, 0) is 0 Å². The third-order valence-electron chi connectivity index (χ3n) is 3.31. The lowest BCUT2D eigenvalue weighted by atomic mass is 10.2. The van der Waals surface area contributed by atoms with Crippen LogP contribution in [0.5, 0.6) is 0 Å². The molecule has 1 aromatic heterocycles. The number of halogens is 3. The maximum absolute atomic E-state index is 13.1. The van der Waals surface area contributed by atoms with E-state index in [1.807, 2.05) is 0 Å². The zero-order valence-corrected chi connectivity index (χ0v) is 14.3. The SMILES string of the molecule is O=C(Nc1cccc(F)c1)c1ccc(Nc2cccc(Cl)c2Cl)cn1. The number of hydrogen-bond acceptors (Lipinski definition) is 3. The highest BCUT2D eigenvalue weighted by atomic mass is 35.5. The number of aromatic nitrogens is 1. The molecule has 0 spiro atoms. The number of nitrogens with zero attached hydrogens (tertiary/aromatic N) is 1. The molecule has 0 atom stereocenters. The summed E-state index contributed by atoms with van der Waals surface area (Å²) in [5.41, 5.74) is 1.84. The zero-order chi connectivity index (χ0) is 17.8. The minimum Gasteiger partial charge on any atom is -0.353 e. The van der Waals surface area contributed by atoms with Crippen LogP contribution in [-0.4, -0.2) is 10.9 Å². The molecule has 3 aromatic rings. The second kappa shape index (κ2) is 7.51. The van der Waals surface area contributed by atoms with Gasteiger partial charge in [0.1, 0.15) is 11.5 Å². The molecular weight excluding hydrogens is 364 g/mol. The predicted octanol–water partition coefficient (Wildman–Crippen LogP) is 5.52. The molecule has 1 heterocycles. The van der Waals surface area contributed by atoms with Gasteiger partial charge in [0, 0.05) is 5.69 Å². The molecule has 2 aromatic carbocycles. The third-order valence-corrected chi connectivity index (χ3v) is 4.13. The molecule has 2 N–H and O–H groups in total. The Labute approximate surface area is 153 Å². The van der Waals surface area contributed by atoms with Gasteiger partial charge in [-0.1, -0.05) is 35.3 Å². The number of carbonyl (C=O) groups excluding carboxylic acids is 1. The van der Waals surface area contributed by atoms with Gasteiger partial charge in [-0.3, -0.25) is 4.79 Å². The second-order valence-electron chi connectivity index (χ2n) is 5.12. The molecule has 1 amide bonds. The smallest absolute Gasteiger partial charge is 0.274 e. The van der Waals surface area contributed by atoms with Crippen molar-refractivity contribution >= 4 is 46.2 Å². The molecule has 0 aliphatic rings. The molecule has 0 saturated heterocycles. The molecule has 25 heavy (non-hydrogen) atoms. The average molecular weight is 376 g/mol. The maximum Gasteiger partial charge on any atom is 0.274 e. The van der Waals surface area contributed by atoms with Gasteiger partial charge in [-0.05, 0) is 42.5 Å². The maximum atomic E-state index is 13.1. The quantitative estimate of drug-likeness (QED) is 0.630. The van der Waals surface area contributed by atoms with E-state index in [1.54, 1.807) is 36.4 Å². The van der Waals surface area contributed by atoms with Crippen LogP contribution in [0.2, 0.25) is 10.0 Å². The largest absolute Gasteiger partial charge is 0.353 e. The summed E-state index contributed by atoms with van der Waals surface area (Å²) in [4.78, 5) is 16.2. The Bertz CT molecular complexity index is 916. The van der Waals surface area contributed by atoms with E-state index >= 15 is 0 Å². The number of pyridine rings is 1. The minimum atomic E-state index is -0.432. The summed E-state index contributed by atoms with van der Waals surface area (Å²) in [6, 6.07) is 14.1. The summed E-state index contributed by atoms with van der Waals surface area (Å²) in [7, 11) is 0. The lowest BCUT2D eigenvalue weighted by Gasteiger charge is -2.10. The van der Waals surface area contributed by atoms with E-state index in [2.05, 4.69) is 15.6 Å². The Balaban J connectivity index is 1.71. The summed E-state index contributed by atoms with van der Waals surface area (Å²) < 4.78 is 13.1. The van der Waals surface area contributed by atoms with Crippen molar-refractivity contribution in [1.29, 1.82) is 0 Å². The van der Waals surface area contributed by atoms with Crippen LogP contribution in [0.15, 0.2) is 60.8 Å². The summed E-state index contributed by atoms with van der Waals surface area (Å²) >= 11 is 12.1. The van der Waals surface area contributed by atoms with Gasteiger partial charge in [0.05, 0.1) is 27.6 Å². The Kier molecular flexibility index (Phi) is 5.16. The number of carbonyl (C=O) groups is 1. The Morgan fingerprint density at radius 3 is 2.52 bits per heavy atom. The zero-order valence-electron chi connectivity index (χ0n) is 12.8. The van der Waals surface area contributed by atoms with Crippen LogP contribution in [0.3, 0.4) is 0 Å². The van der Waals surface area contributed by atoms with Crippen LogP contribution in [0, 0.1) is 5.82 Å². The molecule has 0 unspecified atom stereocenters.